The third kappa shape index (κ3) is 3.89. The Hall–Kier alpha value is -2.77. The number of carboxylic acids is 1. The Morgan fingerprint density at radius 3 is 2.54 bits per heavy atom. The van der Waals surface area contributed by atoms with Crippen LogP contribution in [0, 0.1) is 5.82 Å². The monoisotopic (exact) mass is 360 g/mol. The number of nitrogens with zero attached hydrogens (tertiary/aromatic N) is 3. The van der Waals surface area contributed by atoms with Crippen molar-refractivity contribution < 1.29 is 19.1 Å². The highest BCUT2D eigenvalue weighted by Crippen LogP contribution is 2.39. The van der Waals surface area contributed by atoms with E-state index in [0.717, 1.165) is 37.7 Å². The average molecular weight is 360 g/mol. The minimum Gasteiger partial charge on any atom is -0.480 e. The Kier molecular flexibility index (Phi) is 5.29. The van der Waals surface area contributed by atoms with E-state index in [0.29, 0.717) is 5.69 Å². The molecule has 0 unspecified atom stereocenters. The fraction of sp³-hybridized carbons (Fsp3) is 0.444. The summed E-state index contributed by atoms with van der Waals surface area (Å²) in [4.78, 5) is 23.7. The van der Waals surface area contributed by atoms with Crippen molar-refractivity contribution in [2.45, 2.75) is 50.6 Å². The first-order chi connectivity index (χ1) is 12.5. The number of amides is 1. The van der Waals surface area contributed by atoms with E-state index >= 15 is 0 Å². The Balaban J connectivity index is 1.73. The lowest BCUT2D eigenvalue weighted by Gasteiger charge is -2.36. The number of aliphatic carboxylic acids is 1. The molecule has 7 nitrogen and oxygen atoms in total. The second kappa shape index (κ2) is 7.63. The van der Waals surface area contributed by atoms with E-state index in [4.69, 9.17) is 5.11 Å². The molecule has 2 N–H and O–H groups in total. The van der Waals surface area contributed by atoms with Gasteiger partial charge in [0.05, 0.1) is 18.2 Å². The standard InChI is InChI=1S/C18H21FN4O3/c19-14-6-4-13(5-7-14)18(8-2-1-3-9-18)17(26)20-10-15-11-23(22-21-15)12-16(24)25/h4-7,11H,1-3,8-10,12H2,(H,20,26)(H,24,25). The maximum Gasteiger partial charge on any atom is 0.325 e. The largest absolute Gasteiger partial charge is 0.480 e. The molecule has 0 atom stereocenters. The van der Waals surface area contributed by atoms with E-state index < -0.39 is 11.4 Å². The van der Waals surface area contributed by atoms with Gasteiger partial charge in [0, 0.05) is 0 Å². The van der Waals surface area contributed by atoms with Crippen LogP contribution in [0.25, 0.3) is 0 Å². The third-order valence-corrected chi connectivity index (χ3v) is 4.85. The summed E-state index contributed by atoms with van der Waals surface area (Å²) >= 11 is 0. The van der Waals surface area contributed by atoms with Crippen LogP contribution in [-0.2, 0) is 28.1 Å². The number of rotatable bonds is 6. The molecule has 1 saturated carbocycles. The van der Waals surface area contributed by atoms with Gasteiger partial charge in [-0.25, -0.2) is 9.07 Å². The zero-order valence-electron chi connectivity index (χ0n) is 14.3. The molecule has 1 heterocycles. The maximum atomic E-state index is 13.3. The first kappa shape index (κ1) is 18.0. The van der Waals surface area contributed by atoms with Gasteiger partial charge >= 0.3 is 5.97 Å². The lowest BCUT2D eigenvalue weighted by atomic mass is 9.68. The number of aromatic nitrogens is 3. The summed E-state index contributed by atoms with van der Waals surface area (Å²) < 4.78 is 14.5. The average Bonchev–Trinajstić information content (AvgIpc) is 3.07. The summed E-state index contributed by atoms with van der Waals surface area (Å²) in [6.07, 6.45) is 5.91. The molecule has 26 heavy (non-hydrogen) atoms. The fourth-order valence-electron chi connectivity index (χ4n) is 3.55. The van der Waals surface area contributed by atoms with Crippen molar-refractivity contribution in [3.05, 3.63) is 47.5 Å². The lowest BCUT2D eigenvalue weighted by molar-refractivity contribution is -0.138. The minimum absolute atomic E-state index is 0.114. The molecule has 0 spiro atoms. The van der Waals surface area contributed by atoms with E-state index in [2.05, 4.69) is 15.6 Å². The molecular weight excluding hydrogens is 339 g/mol. The molecule has 1 fully saturated rings. The Labute approximate surface area is 150 Å². The zero-order valence-corrected chi connectivity index (χ0v) is 14.3. The van der Waals surface area contributed by atoms with Crippen molar-refractivity contribution in [3.8, 4) is 0 Å². The van der Waals surface area contributed by atoms with E-state index in [1.165, 1.54) is 23.0 Å². The number of hydrogen-bond acceptors (Lipinski definition) is 4. The van der Waals surface area contributed by atoms with Gasteiger partial charge in [-0.15, -0.1) is 5.10 Å². The Bertz CT molecular complexity index is 782. The van der Waals surface area contributed by atoms with Gasteiger partial charge in [-0.05, 0) is 30.5 Å². The van der Waals surface area contributed by atoms with Crippen molar-refractivity contribution in [2.75, 3.05) is 0 Å². The van der Waals surface area contributed by atoms with Gasteiger partial charge in [0.2, 0.25) is 5.91 Å². The van der Waals surface area contributed by atoms with Gasteiger partial charge in [-0.2, -0.15) is 0 Å². The first-order valence-electron chi connectivity index (χ1n) is 8.65. The summed E-state index contributed by atoms with van der Waals surface area (Å²) in [6.45, 7) is -0.109. The van der Waals surface area contributed by atoms with Crippen LogP contribution in [0.1, 0.15) is 43.4 Å². The number of carbonyl (C=O) groups excluding carboxylic acids is 1. The second-order valence-corrected chi connectivity index (χ2v) is 6.63. The molecule has 1 aromatic carbocycles. The van der Waals surface area contributed by atoms with Gasteiger partial charge < -0.3 is 10.4 Å². The number of hydrogen-bond donors (Lipinski definition) is 2. The topological polar surface area (TPSA) is 97.1 Å². The maximum absolute atomic E-state index is 13.3. The highest BCUT2D eigenvalue weighted by Gasteiger charge is 2.40. The molecule has 1 aliphatic carbocycles. The SMILES string of the molecule is O=C(O)Cn1cc(CNC(=O)C2(c3ccc(F)cc3)CCCCC2)nn1. The number of halogens is 1. The van der Waals surface area contributed by atoms with E-state index in [-0.39, 0.29) is 24.8 Å². The summed E-state index contributed by atoms with van der Waals surface area (Å²) in [7, 11) is 0. The number of nitrogens with one attached hydrogen (secondary N) is 1. The summed E-state index contributed by atoms with van der Waals surface area (Å²) in [5.74, 6) is -1.45. The molecule has 0 radical (unpaired) electrons. The third-order valence-electron chi connectivity index (χ3n) is 4.85. The van der Waals surface area contributed by atoms with Crippen LogP contribution in [0.3, 0.4) is 0 Å². The first-order valence-corrected chi connectivity index (χ1v) is 8.65. The smallest absolute Gasteiger partial charge is 0.325 e. The van der Waals surface area contributed by atoms with Crippen molar-refractivity contribution in [2.24, 2.45) is 0 Å². The normalized spacial score (nSPS) is 16.2. The molecule has 0 bridgehead atoms. The molecule has 8 heteroatoms. The molecule has 0 saturated heterocycles. The van der Waals surface area contributed by atoms with Gasteiger partial charge in [-0.1, -0.05) is 36.6 Å². The van der Waals surface area contributed by atoms with Crippen LogP contribution in [0.2, 0.25) is 0 Å². The van der Waals surface area contributed by atoms with Crippen LogP contribution in [-0.4, -0.2) is 32.0 Å². The number of carbonyl (C=O) groups is 2. The van der Waals surface area contributed by atoms with Crippen molar-refractivity contribution in [3.63, 3.8) is 0 Å². The van der Waals surface area contributed by atoms with E-state index in [1.54, 1.807) is 12.1 Å². The lowest BCUT2D eigenvalue weighted by Crippen LogP contribution is -2.45. The number of benzene rings is 1. The van der Waals surface area contributed by atoms with E-state index in [9.17, 15) is 14.0 Å². The van der Waals surface area contributed by atoms with Crippen LogP contribution < -0.4 is 5.32 Å². The molecule has 1 amide bonds. The van der Waals surface area contributed by atoms with Crippen molar-refractivity contribution in [1.82, 2.24) is 20.3 Å². The predicted molar refractivity (Wildman–Crippen MR) is 90.7 cm³/mol. The number of carboxylic acid groups (broad SMARTS) is 1. The Morgan fingerprint density at radius 1 is 1.19 bits per heavy atom. The molecule has 2 aromatic rings. The zero-order chi connectivity index (χ0) is 18.6. The predicted octanol–water partition coefficient (Wildman–Crippen LogP) is 2.02. The summed E-state index contributed by atoms with van der Waals surface area (Å²) in [6, 6.07) is 6.14. The summed E-state index contributed by atoms with van der Waals surface area (Å²) in [5, 5.41) is 19.3. The minimum atomic E-state index is -1.01. The summed E-state index contributed by atoms with van der Waals surface area (Å²) in [5.41, 5.74) is 0.651. The fourth-order valence-corrected chi connectivity index (χ4v) is 3.55. The second-order valence-electron chi connectivity index (χ2n) is 6.63. The molecule has 0 aliphatic heterocycles. The van der Waals surface area contributed by atoms with Gasteiger partial charge in [0.15, 0.2) is 0 Å². The van der Waals surface area contributed by atoms with Gasteiger partial charge in [0.1, 0.15) is 18.1 Å². The van der Waals surface area contributed by atoms with Gasteiger partial charge in [-0.3, -0.25) is 9.59 Å². The molecule has 138 valence electrons. The molecular formula is C18H21FN4O3. The van der Waals surface area contributed by atoms with Gasteiger partial charge in [0.25, 0.3) is 0 Å². The van der Waals surface area contributed by atoms with Crippen molar-refractivity contribution >= 4 is 11.9 Å². The molecule has 1 aliphatic rings. The van der Waals surface area contributed by atoms with Crippen LogP contribution >= 0.6 is 0 Å². The highest BCUT2D eigenvalue weighted by atomic mass is 19.1. The highest BCUT2D eigenvalue weighted by molar-refractivity contribution is 5.88. The molecule has 3 rings (SSSR count). The van der Waals surface area contributed by atoms with Crippen molar-refractivity contribution in [1.29, 1.82) is 0 Å². The van der Waals surface area contributed by atoms with Crippen LogP contribution in [0.15, 0.2) is 30.5 Å². The van der Waals surface area contributed by atoms with Crippen LogP contribution in [0.5, 0.6) is 0 Å². The Morgan fingerprint density at radius 2 is 1.88 bits per heavy atom. The van der Waals surface area contributed by atoms with Crippen LogP contribution in [0.4, 0.5) is 4.39 Å². The molecule has 1 aromatic heterocycles. The van der Waals surface area contributed by atoms with E-state index in [1.807, 2.05) is 0 Å². The quantitative estimate of drug-likeness (QED) is 0.821.